The first-order valence-corrected chi connectivity index (χ1v) is 7.35. The van der Waals surface area contributed by atoms with Crippen molar-refractivity contribution in [2.45, 2.75) is 23.6 Å². The van der Waals surface area contributed by atoms with Crippen molar-refractivity contribution < 1.29 is 8.42 Å². The van der Waals surface area contributed by atoms with Crippen molar-refractivity contribution in [2.24, 2.45) is 13.0 Å². The van der Waals surface area contributed by atoms with Crippen molar-refractivity contribution in [3.8, 4) is 0 Å². The van der Waals surface area contributed by atoms with Crippen molar-refractivity contribution in [3.05, 3.63) is 12.4 Å². The maximum Gasteiger partial charge on any atom is 0.243 e. The molecule has 5 nitrogen and oxygen atoms in total. The Bertz CT molecular complexity index is 441. The van der Waals surface area contributed by atoms with Gasteiger partial charge in [-0.2, -0.15) is 5.10 Å². The van der Waals surface area contributed by atoms with Crippen LogP contribution in [0.1, 0.15) is 13.8 Å². The zero-order valence-corrected chi connectivity index (χ0v) is 11.9. The molecule has 0 aliphatic carbocycles. The molecule has 0 aliphatic heterocycles. The lowest BCUT2D eigenvalue weighted by Crippen LogP contribution is -2.31. The van der Waals surface area contributed by atoms with Gasteiger partial charge >= 0.3 is 0 Å². The van der Waals surface area contributed by atoms with Crippen LogP contribution >= 0.6 is 15.9 Å². The molecule has 0 saturated heterocycles. The third-order valence-corrected chi connectivity index (χ3v) is 4.94. The first-order chi connectivity index (χ1) is 7.33. The number of rotatable bonds is 5. The predicted octanol–water partition coefficient (Wildman–Crippen LogP) is 1.12. The summed E-state index contributed by atoms with van der Waals surface area (Å²) in [4.78, 5) is 0.317. The highest BCUT2D eigenvalue weighted by atomic mass is 79.9. The van der Waals surface area contributed by atoms with Crippen molar-refractivity contribution in [1.82, 2.24) is 14.5 Å². The van der Waals surface area contributed by atoms with Gasteiger partial charge in [-0.3, -0.25) is 4.68 Å². The molecule has 1 aromatic heterocycles. The quantitative estimate of drug-likeness (QED) is 0.829. The van der Waals surface area contributed by atoms with E-state index >= 15 is 0 Å². The Labute approximate surface area is 104 Å². The molecule has 1 N–H and O–H groups in total. The normalized spacial score (nSPS) is 14.3. The van der Waals surface area contributed by atoms with Crippen LogP contribution in [0.4, 0.5) is 0 Å². The van der Waals surface area contributed by atoms with Gasteiger partial charge in [0.05, 0.1) is 6.20 Å². The van der Waals surface area contributed by atoms with Crippen LogP contribution in [0, 0.1) is 5.92 Å². The van der Waals surface area contributed by atoms with Gasteiger partial charge in [-0.05, 0) is 5.92 Å². The second-order valence-electron chi connectivity index (χ2n) is 3.96. The van der Waals surface area contributed by atoms with Crippen molar-refractivity contribution in [3.63, 3.8) is 0 Å². The van der Waals surface area contributed by atoms with Crippen LogP contribution in [0.5, 0.6) is 0 Å². The molecule has 0 fully saturated rings. The Morgan fingerprint density at radius 3 is 2.62 bits per heavy atom. The summed E-state index contributed by atoms with van der Waals surface area (Å²) in [5.74, 6) is 0.372. The smallest absolute Gasteiger partial charge is 0.243 e. The first-order valence-electron chi connectivity index (χ1n) is 4.95. The van der Waals surface area contributed by atoms with E-state index < -0.39 is 10.0 Å². The van der Waals surface area contributed by atoms with Gasteiger partial charge < -0.3 is 0 Å². The number of hydrogen-bond acceptors (Lipinski definition) is 3. The molecule has 7 heteroatoms. The van der Waals surface area contributed by atoms with E-state index in [2.05, 4.69) is 25.8 Å². The minimum Gasteiger partial charge on any atom is -0.274 e. The fourth-order valence-electron chi connectivity index (χ4n) is 1.05. The summed E-state index contributed by atoms with van der Waals surface area (Å²) in [5, 5.41) is 3.83. The summed E-state index contributed by atoms with van der Waals surface area (Å²) in [5.41, 5.74) is 0. The second-order valence-corrected chi connectivity index (χ2v) is 6.90. The van der Waals surface area contributed by atoms with E-state index in [0.29, 0.717) is 12.5 Å². The van der Waals surface area contributed by atoms with Crippen molar-refractivity contribution in [2.75, 3.05) is 6.54 Å². The maximum atomic E-state index is 11.8. The number of alkyl halides is 1. The standard InChI is InChI=1S/C9H16BrN3O2S/c1-7(2)9(10)5-12-16(14,15)8-4-11-13(3)6-8/h4,6-7,9,12H,5H2,1-3H3. The molecule has 16 heavy (non-hydrogen) atoms. The molecular weight excluding hydrogens is 294 g/mol. The molecule has 0 aromatic carbocycles. The van der Waals surface area contributed by atoms with E-state index in [4.69, 9.17) is 0 Å². The van der Waals surface area contributed by atoms with E-state index in [1.165, 1.54) is 17.1 Å². The Morgan fingerprint density at radius 2 is 2.19 bits per heavy atom. The lowest BCUT2D eigenvalue weighted by atomic mass is 10.1. The highest BCUT2D eigenvalue weighted by molar-refractivity contribution is 9.09. The summed E-state index contributed by atoms with van der Waals surface area (Å²) in [7, 11) is -1.75. The Morgan fingerprint density at radius 1 is 1.56 bits per heavy atom. The molecule has 0 spiro atoms. The van der Waals surface area contributed by atoms with Gasteiger partial charge in [0.25, 0.3) is 0 Å². The lowest BCUT2D eigenvalue weighted by Gasteiger charge is -2.13. The fourth-order valence-corrected chi connectivity index (χ4v) is 2.46. The van der Waals surface area contributed by atoms with Gasteiger partial charge in [-0.25, -0.2) is 13.1 Å². The van der Waals surface area contributed by atoms with Crippen LogP contribution in [-0.4, -0.2) is 29.6 Å². The average Bonchev–Trinajstić information content (AvgIpc) is 2.61. The fraction of sp³-hybridized carbons (Fsp3) is 0.667. The summed E-state index contributed by atoms with van der Waals surface area (Å²) >= 11 is 3.42. The third-order valence-electron chi connectivity index (χ3n) is 2.18. The second kappa shape index (κ2) is 5.29. The summed E-state index contributed by atoms with van der Waals surface area (Å²) in [6.07, 6.45) is 2.81. The maximum absolute atomic E-state index is 11.8. The zero-order valence-electron chi connectivity index (χ0n) is 9.51. The minimum absolute atomic E-state index is 0.124. The molecule has 1 unspecified atom stereocenters. The molecular formula is C9H16BrN3O2S. The van der Waals surface area contributed by atoms with E-state index in [0.717, 1.165) is 0 Å². The zero-order chi connectivity index (χ0) is 12.3. The lowest BCUT2D eigenvalue weighted by molar-refractivity contribution is 0.563. The Balaban J connectivity index is 2.67. The highest BCUT2D eigenvalue weighted by Gasteiger charge is 2.18. The Kier molecular flexibility index (Phi) is 4.52. The molecule has 0 aliphatic rings. The van der Waals surface area contributed by atoms with E-state index in [1.807, 2.05) is 13.8 Å². The van der Waals surface area contributed by atoms with Gasteiger partial charge in [0, 0.05) is 24.6 Å². The number of halogens is 1. The number of nitrogens with one attached hydrogen (secondary N) is 1. The third kappa shape index (κ3) is 3.57. The van der Waals surface area contributed by atoms with Crippen LogP contribution in [0.2, 0.25) is 0 Å². The number of aryl methyl sites for hydroxylation is 1. The summed E-state index contributed by atoms with van der Waals surface area (Å²) < 4.78 is 27.6. The molecule has 0 bridgehead atoms. The molecule has 0 radical (unpaired) electrons. The first kappa shape index (κ1) is 13.7. The number of sulfonamides is 1. The van der Waals surface area contributed by atoms with Crippen LogP contribution in [0.15, 0.2) is 17.3 Å². The van der Waals surface area contributed by atoms with Gasteiger partial charge in [0.1, 0.15) is 4.90 Å². The van der Waals surface area contributed by atoms with Crippen LogP contribution in [0.3, 0.4) is 0 Å². The molecule has 1 aromatic rings. The monoisotopic (exact) mass is 309 g/mol. The van der Waals surface area contributed by atoms with Crippen molar-refractivity contribution in [1.29, 1.82) is 0 Å². The van der Waals surface area contributed by atoms with Gasteiger partial charge in [0.2, 0.25) is 10.0 Å². The predicted molar refractivity (Wildman–Crippen MR) is 65.9 cm³/mol. The molecule has 92 valence electrons. The summed E-state index contributed by atoms with van der Waals surface area (Å²) in [6.45, 7) is 4.42. The average molecular weight is 310 g/mol. The molecule has 0 amide bonds. The minimum atomic E-state index is -3.43. The molecule has 0 saturated carbocycles. The number of hydrogen-bond donors (Lipinski definition) is 1. The van der Waals surface area contributed by atoms with E-state index in [1.54, 1.807) is 7.05 Å². The van der Waals surface area contributed by atoms with E-state index in [9.17, 15) is 8.42 Å². The molecule has 1 heterocycles. The number of aromatic nitrogens is 2. The van der Waals surface area contributed by atoms with Crippen LogP contribution < -0.4 is 4.72 Å². The van der Waals surface area contributed by atoms with Gasteiger partial charge in [-0.1, -0.05) is 29.8 Å². The summed E-state index contributed by atoms with van der Waals surface area (Å²) in [6, 6.07) is 0. The van der Waals surface area contributed by atoms with Crippen LogP contribution in [0.25, 0.3) is 0 Å². The van der Waals surface area contributed by atoms with Gasteiger partial charge in [-0.15, -0.1) is 0 Å². The van der Waals surface area contributed by atoms with Crippen LogP contribution in [-0.2, 0) is 17.1 Å². The SMILES string of the molecule is CC(C)C(Br)CNS(=O)(=O)c1cnn(C)c1. The molecule has 1 rings (SSSR count). The largest absolute Gasteiger partial charge is 0.274 e. The number of nitrogens with zero attached hydrogens (tertiary/aromatic N) is 2. The van der Waals surface area contributed by atoms with E-state index in [-0.39, 0.29) is 9.72 Å². The Hall–Kier alpha value is -0.400. The van der Waals surface area contributed by atoms with Crippen molar-refractivity contribution >= 4 is 26.0 Å². The van der Waals surface area contributed by atoms with Gasteiger partial charge in [0.15, 0.2) is 0 Å². The molecule has 1 atom stereocenters. The highest BCUT2D eigenvalue weighted by Crippen LogP contribution is 2.12. The topological polar surface area (TPSA) is 64.0 Å².